The van der Waals surface area contributed by atoms with Crippen molar-refractivity contribution in [2.75, 3.05) is 21.3 Å². The lowest BCUT2D eigenvalue weighted by Crippen LogP contribution is -1.95. The number of methoxy groups -OCH3 is 1. The summed E-state index contributed by atoms with van der Waals surface area (Å²) in [7, 11) is 4.82. The third kappa shape index (κ3) is 3.10. The van der Waals surface area contributed by atoms with Crippen molar-refractivity contribution in [2.45, 2.75) is 10.3 Å². The van der Waals surface area contributed by atoms with Gasteiger partial charge in [0.15, 0.2) is 5.65 Å². The van der Waals surface area contributed by atoms with Crippen LogP contribution in [-0.2, 0) is 8.37 Å². The Morgan fingerprint density at radius 2 is 1.67 bits per heavy atom. The minimum Gasteiger partial charge on any atom is -0.496 e. The fraction of sp³-hybridized carbons (Fsp3) is 0.176. The van der Waals surface area contributed by atoms with Gasteiger partial charge >= 0.3 is 0 Å². The van der Waals surface area contributed by atoms with Crippen LogP contribution in [0.4, 0.5) is 0 Å². The SMILES string of the molecule is COSc1nccc(-c2c3c(OC)ccnc3n3c(SOC)nccc23)n1. The van der Waals surface area contributed by atoms with Crippen LogP contribution in [0.3, 0.4) is 0 Å². The lowest BCUT2D eigenvalue weighted by Gasteiger charge is -2.05. The van der Waals surface area contributed by atoms with Crippen LogP contribution in [0.25, 0.3) is 27.8 Å². The summed E-state index contributed by atoms with van der Waals surface area (Å²) in [4.78, 5) is 17.8. The van der Waals surface area contributed by atoms with Gasteiger partial charge in [-0.2, -0.15) is 0 Å². The topological polar surface area (TPSA) is 83.7 Å². The van der Waals surface area contributed by atoms with Crippen LogP contribution >= 0.6 is 24.1 Å². The van der Waals surface area contributed by atoms with Crippen molar-refractivity contribution in [3.63, 3.8) is 0 Å². The quantitative estimate of drug-likeness (QED) is 0.355. The maximum atomic E-state index is 5.61. The van der Waals surface area contributed by atoms with Crippen LogP contribution in [0.15, 0.2) is 47.1 Å². The average Bonchev–Trinajstić information content (AvgIpc) is 3.04. The summed E-state index contributed by atoms with van der Waals surface area (Å²) in [6.07, 6.45) is 5.14. The van der Waals surface area contributed by atoms with Gasteiger partial charge in [0.25, 0.3) is 0 Å². The molecule has 0 aromatic carbocycles. The molecule has 4 aromatic heterocycles. The zero-order chi connectivity index (χ0) is 18.8. The van der Waals surface area contributed by atoms with Crippen molar-refractivity contribution >= 4 is 40.6 Å². The second kappa shape index (κ2) is 7.69. The second-order valence-electron chi connectivity index (χ2n) is 5.26. The molecule has 0 amide bonds. The molecule has 0 bridgehead atoms. The summed E-state index contributed by atoms with van der Waals surface area (Å²) in [5.41, 5.74) is 3.23. The van der Waals surface area contributed by atoms with Crippen molar-refractivity contribution in [1.82, 2.24) is 24.3 Å². The standard InChI is InChI=1S/C17H15N5O3S2/c1-23-12-6-9-18-15-14(12)13(10-4-7-19-16(21-10)26-24-2)11-5-8-20-17(22(11)15)27-25-3/h4-9H,1-3H3. The summed E-state index contributed by atoms with van der Waals surface area (Å²) >= 11 is 2.27. The number of nitrogens with zero attached hydrogens (tertiary/aromatic N) is 5. The van der Waals surface area contributed by atoms with Gasteiger partial charge in [0, 0.05) is 24.2 Å². The van der Waals surface area contributed by atoms with Gasteiger partial charge in [0.1, 0.15) is 5.75 Å². The molecule has 0 aliphatic carbocycles. The largest absolute Gasteiger partial charge is 0.496 e. The maximum Gasteiger partial charge on any atom is 0.215 e. The Kier molecular flexibility index (Phi) is 5.12. The van der Waals surface area contributed by atoms with Crippen LogP contribution in [-0.4, -0.2) is 45.7 Å². The molecule has 0 atom stereocenters. The predicted octanol–water partition coefficient (Wildman–Crippen LogP) is 3.66. The van der Waals surface area contributed by atoms with E-state index in [4.69, 9.17) is 13.1 Å². The number of aromatic nitrogens is 5. The first-order valence-corrected chi connectivity index (χ1v) is 9.33. The van der Waals surface area contributed by atoms with Crippen LogP contribution < -0.4 is 4.74 Å². The Labute approximate surface area is 163 Å². The molecule has 4 aromatic rings. The van der Waals surface area contributed by atoms with E-state index in [-0.39, 0.29) is 0 Å². The Hall–Kier alpha value is -2.40. The van der Waals surface area contributed by atoms with Gasteiger partial charge < -0.3 is 13.1 Å². The molecule has 0 aliphatic heterocycles. The smallest absolute Gasteiger partial charge is 0.215 e. The van der Waals surface area contributed by atoms with Crippen LogP contribution in [0.2, 0.25) is 0 Å². The van der Waals surface area contributed by atoms with Crippen LogP contribution in [0.5, 0.6) is 5.75 Å². The van der Waals surface area contributed by atoms with Gasteiger partial charge in [0.2, 0.25) is 10.3 Å². The highest BCUT2D eigenvalue weighted by molar-refractivity contribution is 7.94. The molecule has 0 radical (unpaired) electrons. The predicted molar refractivity (Wildman–Crippen MR) is 104 cm³/mol. The molecule has 8 nitrogen and oxygen atoms in total. The molecule has 4 heterocycles. The normalized spacial score (nSPS) is 11.4. The molecule has 4 rings (SSSR count). The number of rotatable bonds is 6. The van der Waals surface area contributed by atoms with Crippen LogP contribution in [0, 0.1) is 0 Å². The van der Waals surface area contributed by atoms with Gasteiger partial charge in [0.05, 0.1) is 62.0 Å². The first-order chi connectivity index (χ1) is 13.3. The third-order valence-corrected chi connectivity index (χ3v) is 5.00. The number of pyridine rings is 1. The maximum absolute atomic E-state index is 5.61. The zero-order valence-corrected chi connectivity index (χ0v) is 16.4. The number of ether oxygens (including phenoxy) is 1. The Balaban J connectivity index is 2.12. The summed E-state index contributed by atoms with van der Waals surface area (Å²) in [6.45, 7) is 0. The van der Waals surface area contributed by atoms with Gasteiger partial charge in [-0.05, 0) is 18.2 Å². The highest BCUT2D eigenvalue weighted by Crippen LogP contribution is 2.40. The van der Waals surface area contributed by atoms with E-state index in [9.17, 15) is 0 Å². The Morgan fingerprint density at radius 1 is 0.889 bits per heavy atom. The third-order valence-electron chi connectivity index (χ3n) is 3.89. The van der Waals surface area contributed by atoms with E-state index in [1.165, 1.54) is 12.0 Å². The summed E-state index contributed by atoms with van der Waals surface area (Å²) in [6, 6.07) is 5.60. The van der Waals surface area contributed by atoms with E-state index in [2.05, 4.69) is 19.9 Å². The fourth-order valence-corrected chi connectivity index (χ4v) is 3.83. The minimum atomic E-state index is 0.519. The van der Waals surface area contributed by atoms with Crippen molar-refractivity contribution in [3.8, 4) is 17.0 Å². The zero-order valence-electron chi connectivity index (χ0n) is 14.7. The molecule has 0 spiro atoms. The molecular formula is C17H15N5O3S2. The molecule has 0 saturated carbocycles. The molecule has 0 aliphatic rings. The highest BCUT2D eigenvalue weighted by Gasteiger charge is 2.22. The summed E-state index contributed by atoms with van der Waals surface area (Å²) in [5, 5.41) is 2.02. The Bertz CT molecular complexity index is 1120. The van der Waals surface area contributed by atoms with Gasteiger partial charge in [-0.3, -0.25) is 4.40 Å². The first-order valence-electron chi connectivity index (χ1n) is 7.85. The Morgan fingerprint density at radius 3 is 2.44 bits per heavy atom. The summed E-state index contributed by atoms with van der Waals surface area (Å²) < 4.78 is 17.9. The molecule has 0 unspecified atom stereocenters. The highest BCUT2D eigenvalue weighted by atomic mass is 32.2. The average molecular weight is 401 g/mol. The monoisotopic (exact) mass is 401 g/mol. The lowest BCUT2D eigenvalue weighted by atomic mass is 10.1. The van der Waals surface area contributed by atoms with Gasteiger partial charge in [-0.1, -0.05) is 0 Å². The first kappa shape index (κ1) is 18.0. The molecule has 0 fully saturated rings. The molecule has 27 heavy (non-hydrogen) atoms. The molecular weight excluding hydrogens is 386 g/mol. The van der Waals surface area contributed by atoms with Crippen molar-refractivity contribution in [1.29, 1.82) is 0 Å². The number of hydrogen-bond acceptors (Lipinski definition) is 9. The second-order valence-corrected chi connectivity index (χ2v) is 6.99. The van der Waals surface area contributed by atoms with Crippen molar-refractivity contribution in [2.24, 2.45) is 0 Å². The summed E-state index contributed by atoms with van der Waals surface area (Å²) in [5.74, 6) is 0.701. The van der Waals surface area contributed by atoms with E-state index >= 15 is 0 Å². The van der Waals surface area contributed by atoms with Gasteiger partial charge in [-0.15, -0.1) is 0 Å². The number of hydrogen-bond donors (Lipinski definition) is 0. The van der Waals surface area contributed by atoms with E-state index < -0.39 is 0 Å². The molecule has 138 valence electrons. The van der Waals surface area contributed by atoms with Crippen LogP contribution in [0.1, 0.15) is 0 Å². The van der Waals surface area contributed by atoms with E-state index in [0.29, 0.717) is 21.7 Å². The van der Waals surface area contributed by atoms with E-state index in [0.717, 1.165) is 34.2 Å². The van der Waals surface area contributed by atoms with Gasteiger partial charge in [-0.25, -0.2) is 19.9 Å². The fourth-order valence-electron chi connectivity index (χ4n) is 2.93. The van der Waals surface area contributed by atoms with E-state index in [1.807, 2.05) is 22.6 Å². The minimum absolute atomic E-state index is 0.519. The molecule has 0 saturated heterocycles. The molecule has 0 N–H and O–H groups in total. The number of fused-ring (bicyclic) bond motifs is 3. The molecule has 10 heteroatoms. The van der Waals surface area contributed by atoms with Crippen molar-refractivity contribution in [3.05, 3.63) is 36.8 Å². The lowest BCUT2D eigenvalue weighted by molar-refractivity contribution is 0.419. The van der Waals surface area contributed by atoms with E-state index in [1.54, 1.807) is 39.9 Å². The van der Waals surface area contributed by atoms with Crippen molar-refractivity contribution < 1.29 is 13.1 Å².